The minimum absolute atomic E-state index is 0.105. The van der Waals surface area contributed by atoms with Crippen LogP contribution in [-0.2, 0) is 6.54 Å². The lowest BCUT2D eigenvalue weighted by atomic mass is 10.1. The van der Waals surface area contributed by atoms with Gasteiger partial charge in [0.05, 0.1) is 24.2 Å². The van der Waals surface area contributed by atoms with Crippen LogP contribution in [0.15, 0.2) is 78.9 Å². The highest BCUT2D eigenvalue weighted by molar-refractivity contribution is 5.99. The van der Waals surface area contributed by atoms with Gasteiger partial charge in [-0.25, -0.2) is 18.4 Å². The molecule has 0 atom stereocenters. The van der Waals surface area contributed by atoms with E-state index in [-0.39, 0.29) is 17.2 Å². The maximum absolute atomic E-state index is 14.8. The lowest BCUT2D eigenvalue weighted by Crippen LogP contribution is -2.13. The van der Waals surface area contributed by atoms with Crippen LogP contribution in [0.3, 0.4) is 0 Å². The predicted octanol–water partition coefficient (Wildman–Crippen LogP) is 4.89. The van der Waals surface area contributed by atoms with E-state index in [1.54, 1.807) is 4.68 Å². The third kappa shape index (κ3) is 4.89. The van der Waals surface area contributed by atoms with E-state index < -0.39 is 11.6 Å². The molecule has 0 fully saturated rings. The van der Waals surface area contributed by atoms with Crippen molar-refractivity contribution in [3.63, 3.8) is 0 Å². The van der Waals surface area contributed by atoms with Gasteiger partial charge >= 0.3 is 0 Å². The number of anilines is 2. The van der Waals surface area contributed by atoms with E-state index in [1.165, 1.54) is 12.1 Å². The molecule has 0 aliphatic carbocycles. The Bertz CT molecular complexity index is 1460. The fourth-order valence-electron chi connectivity index (χ4n) is 3.74. The largest absolute Gasteiger partial charge is 0.492 e. The van der Waals surface area contributed by atoms with E-state index in [4.69, 9.17) is 10.5 Å². The zero-order chi connectivity index (χ0) is 24.2. The molecule has 0 aliphatic rings. The van der Waals surface area contributed by atoms with Crippen LogP contribution in [-0.4, -0.2) is 32.9 Å². The molecule has 0 aliphatic heterocycles. The molecule has 3 aromatic carbocycles. The highest BCUT2D eigenvalue weighted by atomic mass is 19.1. The minimum Gasteiger partial charge on any atom is -0.492 e. The van der Waals surface area contributed by atoms with Gasteiger partial charge in [-0.05, 0) is 29.8 Å². The molecule has 7 nitrogen and oxygen atoms in total. The number of ether oxygens (including phenoxy) is 1. The van der Waals surface area contributed by atoms with Gasteiger partial charge in [-0.3, -0.25) is 0 Å². The third-order valence-electron chi connectivity index (χ3n) is 5.40. The second-order valence-electron chi connectivity index (χ2n) is 7.84. The molecule has 0 unspecified atom stereocenters. The van der Waals surface area contributed by atoms with Crippen molar-refractivity contribution in [1.29, 1.82) is 0 Å². The van der Waals surface area contributed by atoms with Crippen LogP contribution in [0.1, 0.15) is 5.56 Å². The zero-order valence-corrected chi connectivity index (χ0v) is 18.7. The maximum atomic E-state index is 14.8. The van der Waals surface area contributed by atoms with Crippen LogP contribution in [0, 0.1) is 11.6 Å². The number of para-hydroxylation sites is 1. The van der Waals surface area contributed by atoms with Crippen molar-refractivity contribution >= 4 is 22.8 Å². The van der Waals surface area contributed by atoms with Crippen molar-refractivity contribution in [3.05, 3.63) is 96.1 Å². The molecule has 176 valence electrons. The number of rotatable bonds is 8. The molecular formula is C26H22F2N6O. The summed E-state index contributed by atoms with van der Waals surface area (Å²) in [6.07, 6.45) is 0. The first-order chi connectivity index (χ1) is 17.1. The summed E-state index contributed by atoms with van der Waals surface area (Å²) in [6, 6.07) is 22.4. The summed E-state index contributed by atoms with van der Waals surface area (Å²) < 4.78 is 35.6. The van der Waals surface area contributed by atoms with E-state index >= 15 is 0 Å². The monoisotopic (exact) mass is 472 g/mol. The minimum atomic E-state index is -0.751. The lowest BCUT2D eigenvalue weighted by molar-refractivity contribution is 0.332. The van der Waals surface area contributed by atoms with Gasteiger partial charge in [0.15, 0.2) is 5.65 Å². The quantitative estimate of drug-likeness (QED) is 0.313. The highest BCUT2D eigenvalue weighted by Gasteiger charge is 2.21. The SMILES string of the molecule is Nc1c2c(-c3ccc(F)cc3F)nc(NCCOc3ccccc3)nc2nn1Cc1ccccc1. The molecule has 0 radical (unpaired) electrons. The van der Waals surface area contributed by atoms with Gasteiger partial charge in [-0.15, -0.1) is 5.10 Å². The predicted molar refractivity (Wildman–Crippen MR) is 131 cm³/mol. The maximum Gasteiger partial charge on any atom is 0.225 e. The Hall–Kier alpha value is -4.53. The van der Waals surface area contributed by atoms with Crippen molar-refractivity contribution < 1.29 is 13.5 Å². The van der Waals surface area contributed by atoms with Crippen LogP contribution in [0.2, 0.25) is 0 Å². The molecule has 2 aromatic heterocycles. The number of nitrogen functional groups attached to an aromatic ring is 1. The zero-order valence-electron chi connectivity index (χ0n) is 18.7. The van der Waals surface area contributed by atoms with E-state index in [9.17, 15) is 8.78 Å². The van der Waals surface area contributed by atoms with Gasteiger partial charge in [0, 0.05) is 11.6 Å². The van der Waals surface area contributed by atoms with E-state index in [2.05, 4.69) is 20.4 Å². The van der Waals surface area contributed by atoms with Crippen LogP contribution >= 0.6 is 0 Å². The molecular weight excluding hydrogens is 450 g/mol. The highest BCUT2D eigenvalue weighted by Crippen LogP contribution is 2.33. The smallest absolute Gasteiger partial charge is 0.225 e. The fraction of sp³-hybridized carbons (Fsp3) is 0.115. The van der Waals surface area contributed by atoms with Gasteiger partial charge < -0.3 is 15.8 Å². The van der Waals surface area contributed by atoms with Crippen molar-refractivity contribution in [2.75, 3.05) is 24.2 Å². The number of aromatic nitrogens is 4. The number of nitrogens with one attached hydrogen (secondary N) is 1. The number of nitrogens with zero attached hydrogens (tertiary/aromatic N) is 4. The number of hydrogen-bond donors (Lipinski definition) is 2. The van der Waals surface area contributed by atoms with Gasteiger partial charge in [-0.1, -0.05) is 48.5 Å². The Kier molecular flexibility index (Phi) is 6.21. The lowest BCUT2D eigenvalue weighted by Gasteiger charge is -2.10. The second-order valence-corrected chi connectivity index (χ2v) is 7.84. The summed E-state index contributed by atoms with van der Waals surface area (Å²) >= 11 is 0. The number of nitrogens with two attached hydrogens (primary N) is 1. The normalized spacial score (nSPS) is 11.0. The molecule has 0 amide bonds. The third-order valence-corrected chi connectivity index (χ3v) is 5.40. The first-order valence-electron chi connectivity index (χ1n) is 11.0. The molecule has 0 saturated carbocycles. The summed E-state index contributed by atoms with van der Waals surface area (Å²) in [6.45, 7) is 1.16. The number of fused-ring (bicyclic) bond motifs is 1. The first kappa shape index (κ1) is 22.3. The molecule has 3 N–H and O–H groups in total. The first-order valence-corrected chi connectivity index (χ1v) is 11.0. The fourth-order valence-corrected chi connectivity index (χ4v) is 3.74. The molecule has 0 spiro atoms. The van der Waals surface area contributed by atoms with E-state index in [0.717, 1.165) is 17.4 Å². The molecule has 5 rings (SSSR count). The Labute approximate surface area is 200 Å². The Morgan fingerprint density at radius 3 is 2.40 bits per heavy atom. The van der Waals surface area contributed by atoms with Crippen LogP contribution in [0.4, 0.5) is 20.5 Å². The van der Waals surface area contributed by atoms with Crippen molar-refractivity contribution in [1.82, 2.24) is 19.7 Å². The van der Waals surface area contributed by atoms with E-state index in [1.807, 2.05) is 60.7 Å². The Balaban J connectivity index is 1.49. The molecule has 9 heteroatoms. The summed E-state index contributed by atoms with van der Waals surface area (Å²) in [4.78, 5) is 9.00. The average Bonchev–Trinajstić information content (AvgIpc) is 3.17. The van der Waals surface area contributed by atoms with E-state index in [0.29, 0.717) is 36.5 Å². The standard InChI is InChI=1S/C26H22F2N6O/c27-18-11-12-20(21(28)15-18)23-22-24(29)34(16-17-7-3-1-4-8-17)33-25(22)32-26(31-23)30-13-14-35-19-9-5-2-6-10-19/h1-12,15H,13-14,16,29H2,(H,30,32,33). The summed E-state index contributed by atoms with van der Waals surface area (Å²) in [5.41, 5.74) is 8.06. The Morgan fingerprint density at radius 2 is 1.66 bits per heavy atom. The van der Waals surface area contributed by atoms with Gasteiger partial charge in [-0.2, -0.15) is 4.98 Å². The summed E-state index contributed by atoms with van der Waals surface area (Å²) in [7, 11) is 0. The topological polar surface area (TPSA) is 90.9 Å². The van der Waals surface area contributed by atoms with Crippen LogP contribution < -0.4 is 15.8 Å². The number of hydrogen-bond acceptors (Lipinski definition) is 6. The molecule has 5 aromatic rings. The van der Waals surface area contributed by atoms with Gasteiger partial charge in [0.2, 0.25) is 5.95 Å². The van der Waals surface area contributed by atoms with Gasteiger partial charge in [0.25, 0.3) is 0 Å². The number of benzene rings is 3. The van der Waals surface area contributed by atoms with Gasteiger partial charge in [0.1, 0.15) is 29.8 Å². The summed E-state index contributed by atoms with van der Waals surface area (Å²) in [5.74, 6) is -0.162. The van der Waals surface area contributed by atoms with Crippen LogP contribution in [0.25, 0.3) is 22.3 Å². The molecule has 2 heterocycles. The summed E-state index contributed by atoms with van der Waals surface area (Å²) in [5, 5.41) is 8.04. The second kappa shape index (κ2) is 9.76. The molecule has 35 heavy (non-hydrogen) atoms. The van der Waals surface area contributed by atoms with Crippen LogP contribution in [0.5, 0.6) is 5.75 Å². The average molecular weight is 472 g/mol. The number of halogens is 2. The van der Waals surface area contributed by atoms with Crippen molar-refractivity contribution in [2.24, 2.45) is 0 Å². The van der Waals surface area contributed by atoms with Crippen molar-refractivity contribution in [2.45, 2.75) is 6.54 Å². The Morgan fingerprint density at radius 1 is 0.914 bits per heavy atom. The molecule has 0 saturated heterocycles. The molecule has 0 bridgehead atoms. The van der Waals surface area contributed by atoms with Crippen molar-refractivity contribution in [3.8, 4) is 17.0 Å².